The standard InChI is InChI=1S/C23H22N2O6S/c1-16-14-18(32(28,29)25-17-8-4-3-5-9-17)12-13-21(16)31-15-22(26)24-20-11-7-6-10-19(20)23(27)30-2/h3-14,25H,15H2,1-2H3,(H,24,26). The molecule has 3 aromatic rings. The zero-order valence-electron chi connectivity index (χ0n) is 17.5. The first-order valence-electron chi connectivity index (χ1n) is 9.58. The van der Waals surface area contributed by atoms with Gasteiger partial charge in [0, 0.05) is 5.69 Å². The first-order valence-corrected chi connectivity index (χ1v) is 11.1. The molecule has 0 heterocycles. The lowest BCUT2D eigenvalue weighted by molar-refractivity contribution is -0.118. The van der Waals surface area contributed by atoms with Crippen molar-refractivity contribution in [3.63, 3.8) is 0 Å². The number of carbonyl (C=O) groups excluding carboxylic acids is 2. The molecule has 0 saturated heterocycles. The topological polar surface area (TPSA) is 111 Å². The highest BCUT2D eigenvalue weighted by Crippen LogP contribution is 2.24. The SMILES string of the molecule is COC(=O)c1ccccc1NC(=O)COc1ccc(S(=O)(=O)Nc2ccccc2)cc1C. The predicted molar refractivity (Wildman–Crippen MR) is 120 cm³/mol. The lowest BCUT2D eigenvalue weighted by Crippen LogP contribution is -2.22. The van der Waals surface area contributed by atoms with Crippen molar-refractivity contribution in [1.82, 2.24) is 0 Å². The molecule has 0 saturated carbocycles. The summed E-state index contributed by atoms with van der Waals surface area (Å²) >= 11 is 0. The summed E-state index contributed by atoms with van der Waals surface area (Å²) in [4.78, 5) is 24.2. The fourth-order valence-electron chi connectivity index (χ4n) is 2.88. The second kappa shape index (κ2) is 9.97. The summed E-state index contributed by atoms with van der Waals surface area (Å²) in [5, 5.41) is 2.61. The van der Waals surface area contributed by atoms with Gasteiger partial charge in [-0.3, -0.25) is 9.52 Å². The van der Waals surface area contributed by atoms with Crippen LogP contribution in [0.1, 0.15) is 15.9 Å². The third kappa shape index (κ3) is 5.64. The van der Waals surface area contributed by atoms with Crippen molar-refractivity contribution in [1.29, 1.82) is 0 Å². The highest BCUT2D eigenvalue weighted by Gasteiger charge is 2.17. The maximum absolute atomic E-state index is 12.6. The quantitative estimate of drug-likeness (QED) is 0.503. The second-order valence-electron chi connectivity index (χ2n) is 6.77. The molecule has 9 heteroatoms. The normalized spacial score (nSPS) is 10.8. The number of hydrogen-bond donors (Lipinski definition) is 2. The second-order valence-corrected chi connectivity index (χ2v) is 8.46. The summed E-state index contributed by atoms with van der Waals surface area (Å²) in [6, 6.07) is 19.4. The summed E-state index contributed by atoms with van der Waals surface area (Å²) < 4.78 is 37.9. The number of benzene rings is 3. The van der Waals surface area contributed by atoms with Crippen LogP contribution in [-0.4, -0.2) is 34.0 Å². The van der Waals surface area contributed by atoms with Crippen LogP contribution in [0.25, 0.3) is 0 Å². The number of hydrogen-bond acceptors (Lipinski definition) is 6. The van der Waals surface area contributed by atoms with E-state index in [1.807, 2.05) is 0 Å². The molecule has 0 radical (unpaired) electrons. The Morgan fingerprint density at radius 1 is 0.938 bits per heavy atom. The Bertz CT molecular complexity index is 1230. The molecule has 0 aromatic heterocycles. The molecule has 166 valence electrons. The number of esters is 1. The number of methoxy groups -OCH3 is 1. The van der Waals surface area contributed by atoms with E-state index in [9.17, 15) is 18.0 Å². The third-order valence-corrected chi connectivity index (χ3v) is 5.83. The van der Waals surface area contributed by atoms with Crippen molar-refractivity contribution in [2.24, 2.45) is 0 Å². The molecule has 8 nitrogen and oxygen atoms in total. The van der Waals surface area contributed by atoms with Gasteiger partial charge in [0.2, 0.25) is 0 Å². The van der Waals surface area contributed by atoms with Gasteiger partial charge in [0.15, 0.2) is 6.61 Å². The van der Waals surface area contributed by atoms with E-state index in [1.165, 1.54) is 31.4 Å². The van der Waals surface area contributed by atoms with Crippen molar-refractivity contribution in [3.05, 3.63) is 83.9 Å². The molecule has 3 rings (SSSR count). The fourth-order valence-corrected chi connectivity index (χ4v) is 4.02. The summed E-state index contributed by atoms with van der Waals surface area (Å²) in [6.45, 7) is 1.35. The van der Waals surface area contributed by atoms with E-state index in [0.717, 1.165) is 0 Å². The third-order valence-electron chi connectivity index (χ3n) is 4.45. The minimum Gasteiger partial charge on any atom is -0.483 e. The summed E-state index contributed by atoms with van der Waals surface area (Å²) in [6.07, 6.45) is 0. The minimum atomic E-state index is -3.77. The number of sulfonamides is 1. The van der Waals surface area contributed by atoms with E-state index in [1.54, 1.807) is 55.5 Å². The molecule has 32 heavy (non-hydrogen) atoms. The minimum absolute atomic E-state index is 0.0719. The number of para-hydroxylation sites is 2. The van der Waals surface area contributed by atoms with Crippen LogP contribution in [-0.2, 0) is 19.6 Å². The first kappa shape index (κ1) is 22.8. The van der Waals surface area contributed by atoms with E-state index in [4.69, 9.17) is 9.47 Å². The Hall–Kier alpha value is -3.85. The van der Waals surface area contributed by atoms with Crippen LogP contribution in [0.5, 0.6) is 5.75 Å². The monoisotopic (exact) mass is 454 g/mol. The Morgan fingerprint density at radius 3 is 2.31 bits per heavy atom. The highest BCUT2D eigenvalue weighted by atomic mass is 32.2. The van der Waals surface area contributed by atoms with E-state index in [2.05, 4.69) is 10.0 Å². The van der Waals surface area contributed by atoms with Crippen LogP contribution in [0.4, 0.5) is 11.4 Å². The Morgan fingerprint density at radius 2 is 1.62 bits per heavy atom. The smallest absolute Gasteiger partial charge is 0.339 e. The van der Waals surface area contributed by atoms with Crippen LogP contribution >= 0.6 is 0 Å². The molecule has 0 unspecified atom stereocenters. The Kier molecular flexibility index (Phi) is 7.11. The van der Waals surface area contributed by atoms with Gasteiger partial charge in [0.1, 0.15) is 5.75 Å². The highest BCUT2D eigenvalue weighted by molar-refractivity contribution is 7.92. The van der Waals surface area contributed by atoms with Crippen molar-refractivity contribution < 1.29 is 27.5 Å². The maximum atomic E-state index is 12.6. The van der Waals surface area contributed by atoms with Gasteiger partial charge in [0.25, 0.3) is 15.9 Å². The largest absolute Gasteiger partial charge is 0.483 e. The van der Waals surface area contributed by atoms with Gasteiger partial charge >= 0.3 is 5.97 Å². The molecule has 0 aliphatic rings. The zero-order chi connectivity index (χ0) is 23.1. The van der Waals surface area contributed by atoms with Crippen molar-refractivity contribution in [3.8, 4) is 5.75 Å². The lowest BCUT2D eigenvalue weighted by atomic mass is 10.2. The molecule has 0 spiro atoms. The Labute approximate surface area is 186 Å². The van der Waals surface area contributed by atoms with E-state index >= 15 is 0 Å². The average molecular weight is 455 g/mol. The number of amides is 1. The molecule has 0 aliphatic carbocycles. The van der Waals surface area contributed by atoms with Crippen LogP contribution in [0, 0.1) is 6.92 Å². The molecule has 3 aromatic carbocycles. The molecule has 0 fully saturated rings. The van der Waals surface area contributed by atoms with E-state index in [0.29, 0.717) is 22.7 Å². The van der Waals surface area contributed by atoms with Gasteiger partial charge < -0.3 is 14.8 Å². The molecule has 2 N–H and O–H groups in total. The van der Waals surface area contributed by atoms with Crippen LogP contribution in [0.3, 0.4) is 0 Å². The average Bonchev–Trinajstić information content (AvgIpc) is 2.78. The predicted octanol–water partition coefficient (Wildman–Crippen LogP) is 3.60. The number of aryl methyl sites for hydroxylation is 1. The van der Waals surface area contributed by atoms with E-state index in [-0.39, 0.29) is 17.1 Å². The van der Waals surface area contributed by atoms with E-state index < -0.39 is 21.9 Å². The van der Waals surface area contributed by atoms with Crippen LogP contribution in [0.2, 0.25) is 0 Å². The van der Waals surface area contributed by atoms with Gasteiger partial charge in [-0.1, -0.05) is 30.3 Å². The van der Waals surface area contributed by atoms with Crippen molar-refractivity contribution >= 4 is 33.3 Å². The summed E-state index contributed by atoms with van der Waals surface area (Å²) in [5.41, 5.74) is 1.52. The number of carbonyl (C=O) groups is 2. The molecule has 0 aliphatic heterocycles. The van der Waals surface area contributed by atoms with Crippen molar-refractivity contribution in [2.45, 2.75) is 11.8 Å². The van der Waals surface area contributed by atoms with Gasteiger partial charge in [-0.05, 0) is 55.0 Å². The maximum Gasteiger partial charge on any atom is 0.339 e. The van der Waals surface area contributed by atoms with Gasteiger partial charge in [0.05, 0.1) is 23.3 Å². The lowest BCUT2D eigenvalue weighted by Gasteiger charge is -2.13. The van der Waals surface area contributed by atoms with Crippen LogP contribution < -0.4 is 14.8 Å². The first-order chi connectivity index (χ1) is 15.3. The van der Waals surface area contributed by atoms with Crippen molar-refractivity contribution in [2.75, 3.05) is 23.8 Å². The molecular weight excluding hydrogens is 432 g/mol. The fraction of sp³-hybridized carbons (Fsp3) is 0.130. The number of ether oxygens (including phenoxy) is 2. The molecule has 0 bridgehead atoms. The van der Waals surface area contributed by atoms with Gasteiger partial charge in [-0.15, -0.1) is 0 Å². The zero-order valence-corrected chi connectivity index (χ0v) is 18.3. The molecule has 0 atom stereocenters. The summed E-state index contributed by atoms with van der Waals surface area (Å²) in [5.74, 6) is -0.693. The molecular formula is C23H22N2O6S. The number of rotatable bonds is 8. The van der Waals surface area contributed by atoms with Gasteiger partial charge in [-0.2, -0.15) is 0 Å². The summed E-state index contributed by atoms with van der Waals surface area (Å²) in [7, 11) is -2.51. The Balaban J connectivity index is 1.65. The molecule has 1 amide bonds. The van der Waals surface area contributed by atoms with Gasteiger partial charge in [-0.25, -0.2) is 13.2 Å². The number of nitrogens with one attached hydrogen (secondary N) is 2. The number of anilines is 2. The van der Waals surface area contributed by atoms with Crippen LogP contribution in [0.15, 0.2) is 77.7 Å².